The van der Waals surface area contributed by atoms with Crippen molar-refractivity contribution < 1.29 is 45.6 Å². The molecule has 19 nitrogen and oxygen atoms in total. The number of nitrogens with zero attached hydrogens (tertiary/aromatic N) is 8. The summed E-state index contributed by atoms with van der Waals surface area (Å²) in [4.78, 5) is 48.0. The van der Waals surface area contributed by atoms with E-state index in [0.717, 1.165) is 38.3 Å². The molecule has 2 aliphatic heterocycles. The molecule has 0 atom stereocenters. The van der Waals surface area contributed by atoms with Crippen LogP contribution in [0, 0.1) is 11.6 Å². The standard InChI is InChI=1S/C29H29ClF2N4O4.C26H25Cl2N5O6S/c1-29(2,26-22(30)13-20(31)14-23(26)32)21-12-19(15-34-27(21)38-3)18-4-5-25-33-16-24(28(37)36(25)17-18)40-11-8-35-6-9-39-10-7-35;1-37-25-21(31-40(35,36)24-19(27)3-2-4-20(24)28)13-18(14-30-25)17-5-6-23-29-15-22(26(34)33(23)16-17)39-12-9-32-7-10-38-11-8-32/h4-5,12-17H,6-11H2,1-3H3;2-6,13-16,31H,7-12H2,1H3. The molecule has 0 radical (unpaired) electrons. The Bertz CT molecular complexity index is 3770. The molecule has 0 bridgehead atoms. The van der Waals surface area contributed by atoms with E-state index in [9.17, 15) is 26.8 Å². The van der Waals surface area contributed by atoms with E-state index in [1.54, 1.807) is 62.8 Å². The van der Waals surface area contributed by atoms with Crippen LogP contribution in [-0.2, 0) is 24.9 Å². The molecule has 80 heavy (non-hydrogen) atoms. The quantitative estimate of drug-likeness (QED) is 0.0911. The van der Waals surface area contributed by atoms with Gasteiger partial charge in [-0.15, -0.1) is 0 Å². The van der Waals surface area contributed by atoms with Gasteiger partial charge in [-0.25, -0.2) is 37.1 Å². The summed E-state index contributed by atoms with van der Waals surface area (Å²) >= 11 is 18.6. The highest BCUT2D eigenvalue weighted by molar-refractivity contribution is 7.93. The van der Waals surface area contributed by atoms with Crippen molar-refractivity contribution in [1.29, 1.82) is 0 Å². The summed E-state index contributed by atoms with van der Waals surface area (Å²) in [7, 11) is -1.37. The van der Waals surface area contributed by atoms with Gasteiger partial charge in [-0.3, -0.25) is 32.9 Å². The van der Waals surface area contributed by atoms with Crippen LogP contribution in [0.25, 0.3) is 33.5 Å². The maximum Gasteiger partial charge on any atom is 0.300 e. The summed E-state index contributed by atoms with van der Waals surface area (Å²) in [6, 6.07) is 16.6. The first-order valence-electron chi connectivity index (χ1n) is 25.1. The smallest absolute Gasteiger partial charge is 0.300 e. The average Bonchev–Trinajstić information content (AvgIpc) is 3.46. The van der Waals surface area contributed by atoms with Crippen LogP contribution < -0.4 is 34.8 Å². The molecule has 2 fully saturated rings. The Morgan fingerprint density at radius 1 is 0.637 bits per heavy atom. The number of aromatic nitrogens is 6. The molecule has 8 heterocycles. The molecule has 2 aromatic carbocycles. The first-order valence-corrected chi connectivity index (χ1v) is 27.7. The highest BCUT2D eigenvalue weighted by Crippen LogP contribution is 2.43. The average molecular weight is 1180 g/mol. The highest BCUT2D eigenvalue weighted by atomic mass is 35.5. The normalized spacial score (nSPS) is 14.4. The van der Waals surface area contributed by atoms with Gasteiger partial charge in [-0.05, 0) is 54.6 Å². The monoisotopic (exact) mass is 1180 g/mol. The lowest BCUT2D eigenvalue weighted by molar-refractivity contribution is 0.0320. The van der Waals surface area contributed by atoms with Crippen molar-refractivity contribution in [3.8, 4) is 45.5 Å². The van der Waals surface area contributed by atoms with Gasteiger partial charge in [-0.1, -0.05) is 54.7 Å². The minimum Gasteiger partial charge on any atom is -0.485 e. The van der Waals surface area contributed by atoms with E-state index in [2.05, 4.69) is 34.5 Å². The molecule has 420 valence electrons. The molecule has 0 unspecified atom stereocenters. The number of hydrogen-bond acceptors (Lipinski definition) is 16. The first-order chi connectivity index (χ1) is 38.4. The number of rotatable bonds is 17. The van der Waals surface area contributed by atoms with E-state index in [0.29, 0.717) is 91.8 Å². The van der Waals surface area contributed by atoms with Gasteiger partial charge < -0.3 is 28.4 Å². The predicted molar refractivity (Wildman–Crippen MR) is 299 cm³/mol. The maximum atomic E-state index is 15.0. The molecular weight excluding hydrogens is 1120 g/mol. The van der Waals surface area contributed by atoms with Gasteiger partial charge in [0.05, 0.1) is 68.1 Å². The van der Waals surface area contributed by atoms with Crippen LogP contribution in [0.5, 0.6) is 23.3 Å². The van der Waals surface area contributed by atoms with Crippen LogP contribution in [0.3, 0.4) is 0 Å². The van der Waals surface area contributed by atoms with Gasteiger partial charge in [0.1, 0.15) is 46.7 Å². The largest absolute Gasteiger partial charge is 0.485 e. The Balaban J connectivity index is 0.000000194. The first kappa shape index (κ1) is 57.7. The second kappa shape index (κ2) is 25.2. The Kier molecular flexibility index (Phi) is 18.2. The molecule has 0 amide bonds. The van der Waals surface area contributed by atoms with Crippen molar-refractivity contribution in [2.45, 2.75) is 24.2 Å². The fourth-order valence-corrected chi connectivity index (χ4v) is 11.8. The van der Waals surface area contributed by atoms with Crippen molar-refractivity contribution >= 4 is 61.8 Å². The Morgan fingerprint density at radius 3 is 1.64 bits per heavy atom. The molecule has 0 saturated carbocycles. The molecule has 2 aliphatic rings. The number of nitrogens with one attached hydrogen (secondary N) is 1. The van der Waals surface area contributed by atoms with E-state index < -0.39 is 27.1 Å². The molecule has 0 spiro atoms. The number of methoxy groups -OCH3 is 2. The van der Waals surface area contributed by atoms with Crippen molar-refractivity contribution in [1.82, 2.24) is 38.5 Å². The molecule has 10 rings (SSSR count). The number of pyridine rings is 4. The molecule has 2 saturated heterocycles. The van der Waals surface area contributed by atoms with Crippen LogP contribution >= 0.6 is 34.8 Å². The second-order valence-electron chi connectivity index (χ2n) is 18.8. The van der Waals surface area contributed by atoms with Crippen molar-refractivity contribution in [2.75, 3.05) is 97.9 Å². The number of halogens is 5. The number of ether oxygens (including phenoxy) is 6. The number of sulfonamides is 1. The van der Waals surface area contributed by atoms with Gasteiger partial charge in [0.15, 0.2) is 0 Å². The fraction of sp³-hybridized carbons (Fsp3) is 0.309. The third kappa shape index (κ3) is 12.9. The molecule has 8 aromatic rings. The van der Waals surface area contributed by atoms with Gasteiger partial charge in [0, 0.05) is 109 Å². The molecule has 0 aliphatic carbocycles. The van der Waals surface area contributed by atoms with Crippen LogP contribution in [0.15, 0.2) is 118 Å². The minimum atomic E-state index is -4.20. The summed E-state index contributed by atoms with van der Waals surface area (Å²) in [6.07, 6.45) is 9.20. The van der Waals surface area contributed by atoms with Crippen LogP contribution in [0.2, 0.25) is 15.1 Å². The SMILES string of the molecule is COc1ncc(-c2ccc3ncc(OCCN4CCOCC4)c(=O)n3c2)cc1C(C)(C)c1c(F)cc(F)cc1Cl.COc1ncc(-c2ccc3ncc(OCCN4CCOCC4)c(=O)n3c2)cc1NS(=O)(=O)c1c(Cl)cccc1Cl. The van der Waals surface area contributed by atoms with E-state index >= 15 is 0 Å². The predicted octanol–water partition coefficient (Wildman–Crippen LogP) is 8.32. The number of benzene rings is 2. The summed E-state index contributed by atoms with van der Waals surface area (Å²) < 4.78 is 93.3. The zero-order valence-corrected chi connectivity index (χ0v) is 46.8. The highest BCUT2D eigenvalue weighted by Gasteiger charge is 2.34. The topological polar surface area (TPSA) is 203 Å². The number of anilines is 1. The Hall–Kier alpha value is -7.02. The third-order valence-corrected chi connectivity index (χ3v) is 16.0. The van der Waals surface area contributed by atoms with Gasteiger partial charge in [-0.2, -0.15) is 0 Å². The zero-order chi connectivity index (χ0) is 56.7. The lowest BCUT2D eigenvalue weighted by Gasteiger charge is -2.29. The summed E-state index contributed by atoms with van der Waals surface area (Å²) in [5.74, 6) is -0.956. The zero-order valence-electron chi connectivity index (χ0n) is 43.8. The summed E-state index contributed by atoms with van der Waals surface area (Å²) in [6.45, 7) is 11.6. The van der Waals surface area contributed by atoms with Gasteiger partial charge >= 0.3 is 0 Å². The number of hydrogen-bond donors (Lipinski definition) is 1. The summed E-state index contributed by atoms with van der Waals surface area (Å²) in [5, 5.41) is -0.112. The van der Waals surface area contributed by atoms with Crippen molar-refractivity contribution in [2.24, 2.45) is 0 Å². The van der Waals surface area contributed by atoms with E-state index in [-0.39, 0.29) is 65.6 Å². The number of morpholine rings is 2. The van der Waals surface area contributed by atoms with Gasteiger partial charge in [0.25, 0.3) is 21.1 Å². The molecular formula is C55H54Cl3F2N9O10S. The third-order valence-electron chi connectivity index (χ3n) is 13.4. The lowest BCUT2D eigenvalue weighted by atomic mass is 9.77. The summed E-state index contributed by atoms with van der Waals surface area (Å²) in [5.41, 5.74) is 2.24. The molecule has 25 heteroatoms. The molecule has 6 aromatic heterocycles. The van der Waals surface area contributed by atoms with Crippen molar-refractivity contribution in [3.63, 3.8) is 0 Å². The van der Waals surface area contributed by atoms with Crippen molar-refractivity contribution in [3.05, 3.63) is 162 Å². The second-order valence-corrected chi connectivity index (χ2v) is 21.7. The van der Waals surface area contributed by atoms with E-state index in [1.165, 1.54) is 59.8 Å². The maximum absolute atomic E-state index is 15.0. The Morgan fingerprint density at radius 2 is 1.14 bits per heavy atom. The minimum absolute atomic E-state index is 0.0334. The number of fused-ring (bicyclic) bond motifs is 2. The van der Waals surface area contributed by atoms with Crippen LogP contribution in [0.1, 0.15) is 25.0 Å². The van der Waals surface area contributed by atoms with Gasteiger partial charge in [0.2, 0.25) is 23.3 Å². The van der Waals surface area contributed by atoms with Crippen LogP contribution in [-0.4, -0.2) is 140 Å². The van der Waals surface area contributed by atoms with E-state index in [4.69, 9.17) is 63.2 Å². The lowest BCUT2D eigenvalue weighted by Crippen LogP contribution is -2.38. The van der Waals surface area contributed by atoms with E-state index in [1.807, 2.05) is 6.07 Å². The Labute approximate surface area is 473 Å². The van der Waals surface area contributed by atoms with Crippen LogP contribution in [0.4, 0.5) is 14.5 Å². The molecule has 1 N–H and O–H groups in total. The fourth-order valence-electron chi connectivity index (χ4n) is 9.15.